The predicted octanol–water partition coefficient (Wildman–Crippen LogP) is 4.08. The number of hydrogen-bond acceptors (Lipinski definition) is 3. The van der Waals surface area contributed by atoms with E-state index >= 15 is 0 Å². The van der Waals surface area contributed by atoms with E-state index in [0.29, 0.717) is 5.88 Å². The van der Waals surface area contributed by atoms with Gasteiger partial charge in [-0.3, -0.25) is 0 Å². The smallest absolute Gasteiger partial charge is 0.173 e. The molecular weight excluding hydrogens is 308 g/mol. The second-order valence-electron chi connectivity index (χ2n) is 3.61. The summed E-state index contributed by atoms with van der Waals surface area (Å²) in [6.45, 7) is 0.860. The maximum Gasteiger partial charge on any atom is 0.173 e. The van der Waals surface area contributed by atoms with Crippen LogP contribution in [0.5, 0.6) is 0 Å². The molecule has 3 rings (SSSR count). The molecule has 0 spiro atoms. The van der Waals surface area contributed by atoms with Gasteiger partial charge in [0.1, 0.15) is 0 Å². The fourth-order valence-corrected chi connectivity index (χ4v) is 3.43. The highest BCUT2D eigenvalue weighted by atomic mass is 79.9. The van der Waals surface area contributed by atoms with E-state index in [1.165, 1.54) is 5.56 Å². The number of amidine groups is 1. The summed E-state index contributed by atoms with van der Waals surface area (Å²) in [7, 11) is 0. The summed E-state index contributed by atoms with van der Waals surface area (Å²) in [6, 6.07) is 6.18. The van der Waals surface area contributed by atoms with Crippen LogP contribution in [0.1, 0.15) is 5.56 Å². The number of halogens is 2. The molecular formula is C11H8BrClN2S. The number of rotatable bonds is 1. The number of fused-ring (bicyclic) bond motifs is 2. The average molecular weight is 316 g/mol. The molecule has 0 radical (unpaired) electrons. The lowest BCUT2D eigenvalue weighted by Crippen LogP contribution is -2.26. The van der Waals surface area contributed by atoms with Crippen LogP contribution in [0.2, 0.25) is 0 Å². The van der Waals surface area contributed by atoms with Crippen molar-refractivity contribution in [1.29, 1.82) is 0 Å². The first-order valence-electron chi connectivity index (χ1n) is 4.84. The van der Waals surface area contributed by atoms with Gasteiger partial charge < -0.3 is 4.90 Å². The minimum atomic E-state index is 0.537. The molecule has 0 unspecified atom stereocenters. The zero-order valence-corrected chi connectivity index (χ0v) is 11.4. The minimum Gasteiger partial charge on any atom is -0.318 e. The van der Waals surface area contributed by atoms with Crippen LogP contribution >= 0.6 is 39.3 Å². The fourth-order valence-electron chi connectivity index (χ4n) is 1.79. The lowest BCUT2D eigenvalue weighted by molar-refractivity contribution is 0.518. The Morgan fingerprint density at radius 2 is 2.38 bits per heavy atom. The molecule has 16 heavy (non-hydrogen) atoms. The standard InChI is InChI=1S/C11H8BrClN2S/c12-8-1-2-10-7(3-8)5-15-9(4-13)6-16-11(15)14-10/h1-3,6H,4-5H2. The summed E-state index contributed by atoms with van der Waals surface area (Å²) in [5, 5.41) is 3.11. The van der Waals surface area contributed by atoms with Crippen LogP contribution in [0.25, 0.3) is 0 Å². The lowest BCUT2D eigenvalue weighted by atomic mass is 10.1. The number of aliphatic imine (C=N–C) groups is 1. The van der Waals surface area contributed by atoms with E-state index in [2.05, 4.69) is 37.3 Å². The summed E-state index contributed by atoms with van der Waals surface area (Å²) < 4.78 is 1.09. The summed E-state index contributed by atoms with van der Waals surface area (Å²) >= 11 is 11.0. The molecule has 0 fully saturated rings. The van der Waals surface area contributed by atoms with Gasteiger partial charge in [-0.2, -0.15) is 0 Å². The van der Waals surface area contributed by atoms with Gasteiger partial charge in [0.15, 0.2) is 5.17 Å². The van der Waals surface area contributed by atoms with Gasteiger partial charge in [-0.15, -0.1) is 11.6 Å². The highest BCUT2D eigenvalue weighted by Gasteiger charge is 2.26. The van der Waals surface area contributed by atoms with Crippen molar-refractivity contribution in [2.45, 2.75) is 6.54 Å². The van der Waals surface area contributed by atoms with Crippen LogP contribution in [0, 0.1) is 0 Å². The third kappa shape index (κ3) is 1.69. The number of allylic oxidation sites excluding steroid dienone is 1. The van der Waals surface area contributed by atoms with E-state index in [1.54, 1.807) is 11.8 Å². The Balaban J connectivity index is 2.03. The van der Waals surface area contributed by atoms with Gasteiger partial charge in [-0.25, -0.2) is 4.99 Å². The van der Waals surface area contributed by atoms with Crippen molar-refractivity contribution in [3.05, 3.63) is 39.3 Å². The van der Waals surface area contributed by atoms with Crippen molar-refractivity contribution < 1.29 is 0 Å². The molecule has 0 atom stereocenters. The van der Waals surface area contributed by atoms with E-state index in [4.69, 9.17) is 11.6 Å². The normalized spacial score (nSPS) is 17.8. The third-order valence-corrected chi connectivity index (χ3v) is 4.28. The third-order valence-electron chi connectivity index (χ3n) is 2.60. The number of benzene rings is 1. The summed E-state index contributed by atoms with van der Waals surface area (Å²) in [5.41, 5.74) is 3.43. The van der Waals surface area contributed by atoms with E-state index in [1.807, 2.05) is 12.1 Å². The van der Waals surface area contributed by atoms with Gasteiger partial charge in [-0.05, 0) is 29.2 Å². The molecule has 0 bridgehead atoms. The number of nitrogens with zero attached hydrogens (tertiary/aromatic N) is 2. The van der Waals surface area contributed by atoms with Crippen molar-refractivity contribution in [3.8, 4) is 0 Å². The first kappa shape index (κ1) is 10.7. The quantitative estimate of drug-likeness (QED) is 0.726. The van der Waals surface area contributed by atoms with Gasteiger partial charge in [0.2, 0.25) is 0 Å². The van der Waals surface area contributed by atoms with Crippen LogP contribution in [-0.2, 0) is 6.54 Å². The number of hydrogen-bond donors (Lipinski definition) is 0. The number of thioether (sulfide) groups is 1. The van der Waals surface area contributed by atoms with Crippen LogP contribution in [0.4, 0.5) is 5.69 Å². The second kappa shape index (κ2) is 4.09. The number of alkyl halides is 1. The predicted molar refractivity (Wildman–Crippen MR) is 73.2 cm³/mol. The largest absolute Gasteiger partial charge is 0.318 e. The van der Waals surface area contributed by atoms with Crippen LogP contribution in [-0.4, -0.2) is 15.9 Å². The van der Waals surface area contributed by atoms with Crippen LogP contribution in [0.3, 0.4) is 0 Å². The Bertz CT molecular complexity index is 513. The molecule has 2 heterocycles. The Hall–Kier alpha value is -0.450. The molecule has 2 aliphatic heterocycles. The van der Waals surface area contributed by atoms with Gasteiger partial charge in [0.25, 0.3) is 0 Å². The molecule has 1 aromatic rings. The molecule has 1 aromatic carbocycles. The molecule has 0 aromatic heterocycles. The maximum atomic E-state index is 5.90. The second-order valence-corrected chi connectivity index (χ2v) is 5.63. The summed E-state index contributed by atoms with van der Waals surface area (Å²) in [5.74, 6) is 0.537. The Kier molecular flexibility index (Phi) is 2.73. The molecule has 82 valence electrons. The van der Waals surface area contributed by atoms with Crippen molar-refractivity contribution in [1.82, 2.24) is 4.90 Å². The van der Waals surface area contributed by atoms with E-state index in [0.717, 1.165) is 27.6 Å². The van der Waals surface area contributed by atoms with E-state index in [-0.39, 0.29) is 0 Å². The van der Waals surface area contributed by atoms with Crippen LogP contribution < -0.4 is 0 Å². The Morgan fingerprint density at radius 1 is 1.50 bits per heavy atom. The van der Waals surface area contributed by atoms with Crippen LogP contribution in [0.15, 0.2) is 38.8 Å². The molecule has 0 aliphatic carbocycles. The van der Waals surface area contributed by atoms with Gasteiger partial charge in [-0.1, -0.05) is 27.7 Å². The minimum absolute atomic E-state index is 0.537. The zero-order valence-electron chi connectivity index (χ0n) is 8.28. The molecule has 2 nitrogen and oxygen atoms in total. The van der Waals surface area contributed by atoms with Gasteiger partial charge in [0, 0.05) is 10.2 Å². The Morgan fingerprint density at radius 3 is 3.19 bits per heavy atom. The highest BCUT2D eigenvalue weighted by molar-refractivity contribution is 9.10. The first-order chi connectivity index (χ1) is 7.78. The molecule has 0 amide bonds. The molecule has 0 saturated heterocycles. The highest BCUT2D eigenvalue weighted by Crippen LogP contribution is 2.37. The first-order valence-corrected chi connectivity index (χ1v) is 7.05. The van der Waals surface area contributed by atoms with Gasteiger partial charge in [0.05, 0.1) is 18.1 Å². The zero-order chi connectivity index (χ0) is 11.1. The molecule has 2 aliphatic rings. The van der Waals surface area contributed by atoms with Crippen molar-refractivity contribution in [3.63, 3.8) is 0 Å². The van der Waals surface area contributed by atoms with Crippen molar-refractivity contribution in [2.75, 3.05) is 5.88 Å². The van der Waals surface area contributed by atoms with E-state index < -0.39 is 0 Å². The molecule has 0 saturated carbocycles. The Labute approximate surface area is 112 Å². The van der Waals surface area contributed by atoms with Crippen molar-refractivity contribution in [2.24, 2.45) is 4.99 Å². The van der Waals surface area contributed by atoms with Crippen molar-refractivity contribution >= 4 is 50.1 Å². The topological polar surface area (TPSA) is 15.6 Å². The summed E-state index contributed by atoms with van der Waals surface area (Å²) in [4.78, 5) is 6.79. The lowest BCUT2D eigenvalue weighted by Gasteiger charge is -2.26. The average Bonchev–Trinajstić information content (AvgIpc) is 2.68. The fraction of sp³-hybridized carbons (Fsp3) is 0.182. The van der Waals surface area contributed by atoms with Gasteiger partial charge >= 0.3 is 0 Å². The summed E-state index contributed by atoms with van der Waals surface area (Å²) in [6.07, 6.45) is 0. The monoisotopic (exact) mass is 314 g/mol. The SMILES string of the molecule is ClCC1=CSC2=Nc3ccc(Br)cc3CN12. The molecule has 0 N–H and O–H groups in total. The van der Waals surface area contributed by atoms with E-state index in [9.17, 15) is 0 Å². The maximum absolute atomic E-state index is 5.90. The molecule has 5 heteroatoms.